The van der Waals surface area contributed by atoms with E-state index in [0.717, 1.165) is 41.7 Å². The van der Waals surface area contributed by atoms with Gasteiger partial charge in [0.1, 0.15) is 4.99 Å². The van der Waals surface area contributed by atoms with E-state index < -0.39 is 0 Å². The van der Waals surface area contributed by atoms with Crippen molar-refractivity contribution in [3.63, 3.8) is 0 Å². The van der Waals surface area contributed by atoms with Gasteiger partial charge < -0.3 is 15.8 Å². The lowest BCUT2D eigenvalue weighted by Gasteiger charge is -2.24. The summed E-state index contributed by atoms with van der Waals surface area (Å²) in [4.78, 5) is 0.410. The number of halogens is 1. The maximum absolute atomic E-state index is 5.75. The normalized spacial score (nSPS) is 23.0. The first-order valence-corrected chi connectivity index (χ1v) is 7.17. The predicted molar refractivity (Wildman–Crippen MR) is 82.1 cm³/mol. The van der Waals surface area contributed by atoms with Gasteiger partial charge in [-0.2, -0.15) is 0 Å². The maximum Gasteiger partial charge on any atom is 0.104 e. The fourth-order valence-corrected chi connectivity index (χ4v) is 2.72. The highest BCUT2D eigenvalue weighted by Crippen LogP contribution is 2.28. The van der Waals surface area contributed by atoms with Crippen molar-refractivity contribution in [3.8, 4) is 0 Å². The second-order valence-corrected chi connectivity index (χ2v) is 6.11. The van der Waals surface area contributed by atoms with Crippen LogP contribution in [0.25, 0.3) is 0 Å². The molecule has 1 aromatic rings. The second kappa shape index (κ2) is 5.55. The number of thiocarbonyl (C=S) groups is 1. The first kappa shape index (κ1) is 13.8. The molecule has 1 saturated heterocycles. The summed E-state index contributed by atoms with van der Waals surface area (Å²) in [5.74, 6) is 0. The molecule has 3 N–H and O–H groups in total. The third-order valence-electron chi connectivity index (χ3n) is 3.21. The molecule has 1 heterocycles. The molecule has 0 spiro atoms. The lowest BCUT2D eigenvalue weighted by Crippen LogP contribution is -2.32. The lowest BCUT2D eigenvalue weighted by molar-refractivity contribution is 0.0315. The molecule has 0 amide bonds. The Morgan fingerprint density at radius 3 is 2.94 bits per heavy atom. The number of hydrogen-bond donors (Lipinski definition) is 2. The monoisotopic (exact) mass is 328 g/mol. The van der Waals surface area contributed by atoms with Crippen LogP contribution in [0.1, 0.15) is 25.3 Å². The van der Waals surface area contributed by atoms with Gasteiger partial charge in [-0.1, -0.05) is 12.2 Å². The van der Waals surface area contributed by atoms with Crippen LogP contribution in [0.15, 0.2) is 22.7 Å². The van der Waals surface area contributed by atoms with E-state index >= 15 is 0 Å². The van der Waals surface area contributed by atoms with Crippen LogP contribution < -0.4 is 11.1 Å². The van der Waals surface area contributed by atoms with E-state index in [2.05, 4.69) is 28.2 Å². The fraction of sp³-hybridized carbons (Fsp3) is 0.462. The van der Waals surface area contributed by atoms with Gasteiger partial charge in [0.25, 0.3) is 0 Å². The summed E-state index contributed by atoms with van der Waals surface area (Å²) in [5.41, 5.74) is 7.44. The van der Waals surface area contributed by atoms with E-state index in [0.29, 0.717) is 4.99 Å². The van der Waals surface area contributed by atoms with E-state index in [1.165, 1.54) is 0 Å². The highest BCUT2D eigenvalue weighted by molar-refractivity contribution is 9.10. The standard InChI is InChI=1S/C13H17BrN2OS/c1-13(5-2-6-17-13)8-16-11-4-3-9(12(15)18)7-10(11)14/h3-4,7,16H,2,5-6,8H2,1H3,(H2,15,18). The predicted octanol–water partition coefficient (Wildman–Crippen LogP) is 3.06. The molecule has 1 aromatic carbocycles. The molecule has 0 aromatic heterocycles. The van der Waals surface area contributed by atoms with Crippen molar-refractivity contribution >= 4 is 38.8 Å². The summed E-state index contributed by atoms with van der Waals surface area (Å²) >= 11 is 8.48. The highest BCUT2D eigenvalue weighted by Gasteiger charge is 2.29. The van der Waals surface area contributed by atoms with E-state index in [-0.39, 0.29) is 5.60 Å². The molecule has 0 radical (unpaired) electrons. The molecule has 1 aliphatic heterocycles. The fourth-order valence-electron chi connectivity index (χ4n) is 2.07. The first-order chi connectivity index (χ1) is 8.50. The number of hydrogen-bond acceptors (Lipinski definition) is 3. The van der Waals surface area contributed by atoms with E-state index in [1.54, 1.807) is 0 Å². The van der Waals surface area contributed by atoms with Crippen LogP contribution in [0.2, 0.25) is 0 Å². The summed E-state index contributed by atoms with van der Waals surface area (Å²) in [6.45, 7) is 3.81. The topological polar surface area (TPSA) is 47.3 Å². The van der Waals surface area contributed by atoms with Gasteiger partial charge >= 0.3 is 0 Å². The van der Waals surface area contributed by atoms with Crippen LogP contribution in [0, 0.1) is 0 Å². The van der Waals surface area contributed by atoms with Crippen molar-refractivity contribution in [3.05, 3.63) is 28.2 Å². The van der Waals surface area contributed by atoms with Crippen molar-refractivity contribution in [1.82, 2.24) is 0 Å². The average Bonchev–Trinajstić information content (AvgIpc) is 2.75. The largest absolute Gasteiger partial charge is 0.389 e. The van der Waals surface area contributed by atoms with Gasteiger partial charge in [-0.25, -0.2) is 0 Å². The Hall–Kier alpha value is -0.650. The minimum absolute atomic E-state index is 0.0543. The summed E-state index contributed by atoms with van der Waals surface area (Å²) in [6.07, 6.45) is 2.24. The van der Waals surface area contributed by atoms with E-state index in [1.807, 2.05) is 18.2 Å². The van der Waals surface area contributed by atoms with E-state index in [9.17, 15) is 0 Å². The summed E-state index contributed by atoms with van der Waals surface area (Å²) < 4.78 is 6.71. The maximum atomic E-state index is 5.75. The molecule has 1 unspecified atom stereocenters. The zero-order valence-corrected chi connectivity index (χ0v) is 12.7. The Labute approximate surface area is 121 Å². The van der Waals surface area contributed by atoms with Crippen molar-refractivity contribution in [2.45, 2.75) is 25.4 Å². The van der Waals surface area contributed by atoms with Crippen molar-refractivity contribution in [1.29, 1.82) is 0 Å². The van der Waals surface area contributed by atoms with Gasteiger partial charge in [-0.15, -0.1) is 0 Å². The van der Waals surface area contributed by atoms with Crippen molar-refractivity contribution in [2.24, 2.45) is 5.73 Å². The second-order valence-electron chi connectivity index (χ2n) is 4.81. The summed E-state index contributed by atoms with van der Waals surface area (Å²) in [5, 5.41) is 3.41. The third kappa shape index (κ3) is 3.22. The Kier molecular flexibility index (Phi) is 4.25. The third-order valence-corrected chi connectivity index (χ3v) is 4.10. The Morgan fingerprint density at radius 2 is 2.39 bits per heavy atom. The van der Waals surface area contributed by atoms with Gasteiger partial charge in [0.2, 0.25) is 0 Å². The number of nitrogens with one attached hydrogen (secondary N) is 1. The Bertz CT molecular complexity index is 458. The molecule has 2 rings (SSSR count). The minimum atomic E-state index is -0.0543. The van der Waals surface area contributed by atoms with Crippen LogP contribution in [0.3, 0.4) is 0 Å². The van der Waals surface area contributed by atoms with Crippen molar-refractivity contribution < 1.29 is 4.74 Å². The Balaban J connectivity index is 2.03. The quantitative estimate of drug-likeness (QED) is 0.834. The highest BCUT2D eigenvalue weighted by atomic mass is 79.9. The van der Waals surface area contributed by atoms with Crippen LogP contribution in [0.5, 0.6) is 0 Å². The molecule has 0 aliphatic carbocycles. The molecular formula is C13H17BrN2OS. The zero-order valence-electron chi connectivity index (χ0n) is 10.3. The molecule has 3 nitrogen and oxygen atoms in total. The number of ether oxygens (including phenoxy) is 1. The molecule has 0 saturated carbocycles. The zero-order chi connectivity index (χ0) is 13.2. The molecular weight excluding hydrogens is 312 g/mol. The van der Waals surface area contributed by atoms with Crippen LogP contribution in [-0.2, 0) is 4.74 Å². The summed E-state index contributed by atoms with van der Waals surface area (Å²) in [7, 11) is 0. The molecule has 1 aliphatic rings. The lowest BCUT2D eigenvalue weighted by atomic mass is 10.0. The average molecular weight is 329 g/mol. The number of rotatable bonds is 4. The SMILES string of the molecule is CC1(CNc2ccc(C(N)=S)cc2Br)CCCO1. The number of anilines is 1. The number of nitrogens with two attached hydrogens (primary N) is 1. The van der Waals surface area contributed by atoms with Gasteiger partial charge in [0.15, 0.2) is 0 Å². The van der Waals surface area contributed by atoms with Gasteiger partial charge in [0.05, 0.1) is 5.60 Å². The first-order valence-electron chi connectivity index (χ1n) is 5.97. The van der Waals surface area contributed by atoms with Crippen LogP contribution >= 0.6 is 28.1 Å². The summed E-state index contributed by atoms with van der Waals surface area (Å²) in [6, 6.07) is 5.84. The van der Waals surface area contributed by atoms with Gasteiger partial charge in [0, 0.05) is 28.9 Å². The molecule has 1 atom stereocenters. The van der Waals surface area contributed by atoms with Crippen molar-refractivity contribution in [2.75, 3.05) is 18.5 Å². The molecule has 5 heteroatoms. The van der Waals surface area contributed by atoms with E-state index in [4.69, 9.17) is 22.7 Å². The van der Waals surface area contributed by atoms with Gasteiger partial charge in [-0.05, 0) is 53.9 Å². The smallest absolute Gasteiger partial charge is 0.104 e. The molecule has 18 heavy (non-hydrogen) atoms. The number of benzene rings is 1. The molecule has 98 valence electrons. The molecule has 0 bridgehead atoms. The Morgan fingerprint density at radius 1 is 1.61 bits per heavy atom. The molecule has 1 fully saturated rings. The van der Waals surface area contributed by atoms with Crippen LogP contribution in [0.4, 0.5) is 5.69 Å². The van der Waals surface area contributed by atoms with Gasteiger partial charge in [-0.3, -0.25) is 0 Å². The minimum Gasteiger partial charge on any atom is -0.389 e. The van der Waals surface area contributed by atoms with Crippen LogP contribution in [-0.4, -0.2) is 23.7 Å².